The van der Waals surface area contributed by atoms with Gasteiger partial charge >= 0.3 is 0 Å². The number of nitrogens with two attached hydrogens (primary N) is 2. The highest BCUT2D eigenvalue weighted by atomic mass is 127. The van der Waals surface area contributed by atoms with Crippen molar-refractivity contribution in [2.45, 2.75) is 6.54 Å². The van der Waals surface area contributed by atoms with Crippen LogP contribution in [0.4, 0.5) is 5.82 Å². The van der Waals surface area contributed by atoms with Crippen molar-refractivity contribution in [3.63, 3.8) is 0 Å². The summed E-state index contributed by atoms with van der Waals surface area (Å²) < 4.78 is 1.06. The summed E-state index contributed by atoms with van der Waals surface area (Å²) >= 11 is 2.17. The van der Waals surface area contributed by atoms with Gasteiger partial charge in [-0.05, 0) is 28.7 Å². The SMILES string of the molecule is NCc1cc(I)cnc1N. The Morgan fingerprint density at radius 3 is 2.80 bits per heavy atom. The summed E-state index contributed by atoms with van der Waals surface area (Å²) in [5, 5.41) is 0. The molecule has 0 aromatic carbocycles. The van der Waals surface area contributed by atoms with Gasteiger partial charge in [0.05, 0.1) is 0 Å². The van der Waals surface area contributed by atoms with E-state index in [-0.39, 0.29) is 0 Å². The van der Waals surface area contributed by atoms with Crippen LogP contribution in [0.2, 0.25) is 0 Å². The van der Waals surface area contributed by atoms with E-state index >= 15 is 0 Å². The Hall–Kier alpha value is -0.360. The van der Waals surface area contributed by atoms with Gasteiger partial charge in [0.2, 0.25) is 0 Å². The zero-order chi connectivity index (χ0) is 7.56. The van der Waals surface area contributed by atoms with Crippen molar-refractivity contribution in [2.24, 2.45) is 5.73 Å². The van der Waals surface area contributed by atoms with E-state index in [1.165, 1.54) is 0 Å². The molecule has 0 amide bonds. The predicted molar refractivity (Wildman–Crippen MR) is 49.3 cm³/mol. The van der Waals surface area contributed by atoms with Crippen LogP contribution in [0.3, 0.4) is 0 Å². The van der Waals surface area contributed by atoms with Gasteiger partial charge < -0.3 is 11.5 Å². The van der Waals surface area contributed by atoms with E-state index in [4.69, 9.17) is 11.5 Å². The third kappa shape index (κ3) is 1.57. The van der Waals surface area contributed by atoms with E-state index in [1.807, 2.05) is 6.07 Å². The van der Waals surface area contributed by atoms with E-state index < -0.39 is 0 Å². The normalized spacial score (nSPS) is 9.80. The smallest absolute Gasteiger partial charge is 0.127 e. The lowest BCUT2D eigenvalue weighted by molar-refractivity contribution is 1.05. The lowest BCUT2D eigenvalue weighted by Gasteiger charge is -2.00. The van der Waals surface area contributed by atoms with Gasteiger partial charge in [-0.25, -0.2) is 4.98 Å². The highest BCUT2D eigenvalue weighted by Crippen LogP contribution is 2.10. The number of nitrogens with zero attached hydrogens (tertiary/aromatic N) is 1. The molecule has 1 aromatic heterocycles. The number of anilines is 1. The minimum Gasteiger partial charge on any atom is -0.383 e. The van der Waals surface area contributed by atoms with Crippen molar-refractivity contribution in [1.82, 2.24) is 4.98 Å². The van der Waals surface area contributed by atoms with Crippen molar-refractivity contribution in [1.29, 1.82) is 0 Å². The van der Waals surface area contributed by atoms with Crippen LogP contribution in [0.5, 0.6) is 0 Å². The summed E-state index contributed by atoms with van der Waals surface area (Å²) in [5.41, 5.74) is 11.8. The molecular formula is C6H8IN3. The second-order valence-corrected chi connectivity index (χ2v) is 3.15. The quantitative estimate of drug-likeness (QED) is 0.721. The zero-order valence-corrected chi connectivity index (χ0v) is 7.50. The summed E-state index contributed by atoms with van der Waals surface area (Å²) in [4.78, 5) is 3.94. The van der Waals surface area contributed by atoms with Gasteiger partial charge in [0.1, 0.15) is 5.82 Å². The maximum atomic E-state index is 5.51. The predicted octanol–water partition coefficient (Wildman–Crippen LogP) is 0.727. The third-order valence-electron chi connectivity index (χ3n) is 1.19. The van der Waals surface area contributed by atoms with Gasteiger partial charge in [-0.2, -0.15) is 0 Å². The fourth-order valence-electron chi connectivity index (χ4n) is 0.655. The van der Waals surface area contributed by atoms with E-state index in [9.17, 15) is 0 Å². The Labute approximate surface area is 73.0 Å². The largest absolute Gasteiger partial charge is 0.383 e. The van der Waals surface area contributed by atoms with E-state index in [1.54, 1.807) is 6.20 Å². The van der Waals surface area contributed by atoms with Crippen molar-refractivity contribution < 1.29 is 0 Å². The molecule has 0 bridgehead atoms. The topological polar surface area (TPSA) is 64.9 Å². The highest BCUT2D eigenvalue weighted by molar-refractivity contribution is 14.1. The van der Waals surface area contributed by atoms with Gasteiger partial charge in [0.15, 0.2) is 0 Å². The lowest BCUT2D eigenvalue weighted by atomic mass is 10.3. The zero-order valence-electron chi connectivity index (χ0n) is 5.34. The van der Waals surface area contributed by atoms with Crippen molar-refractivity contribution >= 4 is 28.4 Å². The van der Waals surface area contributed by atoms with Crippen LogP contribution in [0.15, 0.2) is 12.3 Å². The Bertz CT molecular complexity index is 236. The lowest BCUT2D eigenvalue weighted by Crippen LogP contribution is -2.03. The van der Waals surface area contributed by atoms with Crippen molar-refractivity contribution in [3.05, 3.63) is 21.4 Å². The molecule has 1 rings (SSSR count). The Morgan fingerprint density at radius 2 is 2.30 bits per heavy atom. The fraction of sp³-hybridized carbons (Fsp3) is 0.167. The van der Waals surface area contributed by atoms with Crippen LogP contribution >= 0.6 is 22.6 Å². The maximum absolute atomic E-state index is 5.51. The average molecular weight is 249 g/mol. The fourth-order valence-corrected chi connectivity index (χ4v) is 1.17. The number of nitrogen functional groups attached to an aromatic ring is 1. The molecule has 0 saturated heterocycles. The first-order valence-corrected chi connectivity index (χ1v) is 3.92. The first-order valence-electron chi connectivity index (χ1n) is 2.84. The van der Waals surface area contributed by atoms with Gasteiger partial charge in [-0.3, -0.25) is 0 Å². The van der Waals surface area contributed by atoms with Crippen LogP contribution in [0.25, 0.3) is 0 Å². The summed E-state index contributed by atoms with van der Waals surface area (Å²) in [7, 11) is 0. The molecule has 0 aliphatic carbocycles. The number of hydrogen-bond donors (Lipinski definition) is 2. The molecule has 0 aliphatic heterocycles. The molecule has 0 atom stereocenters. The first-order chi connectivity index (χ1) is 4.74. The summed E-state index contributed by atoms with van der Waals surface area (Å²) in [6, 6.07) is 1.93. The standard InChI is InChI=1S/C6H8IN3/c7-5-1-4(2-8)6(9)10-3-5/h1,3H,2,8H2,(H2,9,10). The molecule has 10 heavy (non-hydrogen) atoms. The molecule has 1 aromatic rings. The van der Waals surface area contributed by atoms with Crippen LogP contribution < -0.4 is 11.5 Å². The molecule has 3 nitrogen and oxygen atoms in total. The average Bonchev–Trinajstić information content (AvgIpc) is 1.94. The Morgan fingerprint density at radius 1 is 1.60 bits per heavy atom. The molecular weight excluding hydrogens is 241 g/mol. The molecule has 54 valence electrons. The molecule has 4 N–H and O–H groups in total. The van der Waals surface area contributed by atoms with Gasteiger partial charge in [-0.15, -0.1) is 0 Å². The molecule has 0 unspecified atom stereocenters. The van der Waals surface area contributed by atoms with Crippen molar-refractivity contribution in [2.75, 3.05) is 5.73 Å². The number of rotatable bonds is 1. The van der Waals surface area contributed by atoms with Crippen LogP contribution in [0, 0.1) is 3.57 Å². The van der Waals surface area contributed by atoms with Crippen molar-refractivity contribution in [3.8, 4) is 0 Å². The van der Waals surface area contributed by atoms with E-state index in [0.29, 0.717) is 12.4 Å². The van der Waals surface area contributed by atoms with E-state index in [2.05, 4.69) is 27.6 Å². The third-order valence-corrected chi connectivity index (χ3v) is 1.78. The minimum absolute atomic E-state index is 0.454. The summed E-state index contributed by atoms with van der Waals surface area (Å²) in [5.74, 6) is 0.530. The van der Waals surface area contributed by atoms with Crippen LogP contribution in [-0.4, -0.2) is 4.98 Å². The maximum Gasteiger partial charge on any atom is 0.127 e. The molecule has 1 heterocycles. The molecule has 0 spiro atoms. The Balaban J connectivity index is 3.09. The van der Waals surface area contributed by atoms with Gasteiger partial charge in [0.25, 0.3) is 0 Å². The molecule has 0 fully saturated rings. The van der Waals surface area contributed by atoms with Crippen LogP contribution in [-0.2, 0) is 6.54 Å². The number of halogens is 1. The Kier molecular flexibility index (Phi) is 2.44. The monoisotopic (exact) mass is 249 g/mol. The number of hydrogen-bond acceptors (Lipinski definition) is 3. The number of pyridine rings is 1. The molecule has 0 saturated carbocycles. The van der Waals surface area contributed by atoms with Gasteiger partial charge in [0, 0.05) is 21.9 Å². The highest BCUT2D eigenvalue weighted by Gasteiger charge is 1.96. The molecule has 4 heteroatoms. The number of aromatic nitrogens is 1. The molecule has 0 radical (unpaired) electrons. The van der Waals surface area contributed by atoms with Gasteiger partial charge in [-0.1, -0.05) is 0 Å². The summed E-state index contributed by atoms with van der Waals surface area (Å²) in [6.07, 6.45) is 1.72. The second-order valence-electron chi connectivity index (χ2n) is 1.90. The van der Waals surface area contributed by atoms with E-state index in [0.717, 1.165) is 9.13 Å². The summed E-state index contributed by atoms with van der Waals surface area (Å²) in [6.45, 7) is 0.454. The first kappa shape index (κ1) is 7.74. The van der Waals surface area contributed by atoms with Crippen LogP contribution in [0.1, 0.15) is 5.56 Å². The minimum atomic E-state index is 0.454. The second kappa shape index (κ2) is 3.16. The molecule has 0 aliphatic rings.